The molecule has 0 aromatic heterocycles. The first kappa shape index (κ1) is 24.6. The number of alkyl halides is 1. The molecule has 4 rings (SSSR count). The molecule has 8 nitrogen and oxygen atoms in total. The Morgan fingerprint density at radius 2 is 1.17 bits per heavy atom. The van der Waals surface area contributed by atoms with Crippen LogP contribution >= 0.6 is 15.9 Å². The van der Waals surface area contributed by atoms with Crippen LogP contribution in [0.25, 0.3) is 0 Å². The Balaban J connectivity index is 1.55. The van der Waals surface area contributed by atoms with Crippen LogP contribution in [0.3, 0.4) is 0 Å². The third kappa shape index (κ3) is 5.94. The van der Waals surface area contributed by atoms with Crippen molar-refractivity contribution in [2.75, 3.05) is 6.61 Å². The Kier molecular flexibility index (Phi) is 7.60. The van der Waals surface area contributed by atoms with E-state index in [1.54, 1.807) is 78.9 Å². The number of ether oxygens (including phenoxy) is 4. The topological polar surface area (TPSA) is 108 Å². The molecule has 1 N–H and O–H groups in total. The van der Waals surface area contributed by atoms with E-state index in [2.05, 4.69) is 15.9 Å². The summed E-state index contributed by atoms with van der Waals surface area (Å²) < 4.78 is 19.8. The van der Waals surface area contributed by atoms with Crippen molar-refractivity contribution < 1.29 is 38.4 Å². The highest BCUT2D eigenvalue weighted by Crippen LogP contribution is 2.39. The molecule has 3 aromatic rings. The molecular weight excluding hydrogens is 520 g/mol. The highest BCUT2D eigenvalue weighted by atomic mass is 79.9. The van der Waals surface area contributed by atoms with Gasteiger partial charge in [-0.25, -0.2) is 14.4 Å². The molecule has 9 heteroatoms. The molecule has 4 atom stereocenters. The number of rotatable bonds is 7. The summed E-state index contributed by atoms with van der Waals surface area (Å²) in [5.74, 6) is -2.13. The first-order chi connectivity index (χ1) is 16.8. The van der Waals surface area contributed by atoms with E-state index < -0.39 is 40.9 Å². The minimum atomic E-state index is -2.21. The lowest BCUT2D eigenvalue weighted by Gasteiger charge is -2.25. The molecule has 0 spiro atoms. The molecule has 0 amide bonds. The monoisotopic (exact) mass is 540 g/mol. The van der Waals surface area contributed by atoms with Crippen LogP contribution in [0.5, 0.6) is 0 Å². The number of carbonyl (C=O) groups is 3. The van der Waals surface area contributed by atoms with E-state index >= 15 is 0 Å². The van der Waals surface area contributed by atoms with Gasteiger partial charge in [0.05, 0.1) is 16.7 Å². The van der Waals surface area contributed by atoms with Crippen LogP contribution < -0.4 is 0 Å². The van der Waals surface area contributed by atoms with E-state index in [1.165, 1.54) is 12.1 Å². The van der Waals surface area contributed by atoms with Crippen LogP contribution in [0.2, 0.25) is 0 Å². The van der Waals surface area contributed by atoms with Crippen LogP contribution in [0.1, 0.15) is 31.1 Å². The quantitative estimate of drug-likeness (QED) is 0.274. The molecule has 1 unspecified atom stereocenters. The highest BCUT2D eigenvalue weighted by molar-refractivity contribution is 9.10. The van der Waals surface area contributed by atoms with Crippen LogP contribution in [0.4, 0.5) is 0 Å². The fourth-order valence-electron chi connectivity index (χ4n) is 3.49. The van der Waals surface area contributed by atoms with E-state index in [0.29, 0.717) is 5.56 Å². The SMILES string of the molecule is O=C(OC[C@H]1OC(O)(Br)[C@H](OC(=O)c2ccccc2)[C@@H]1OC(=O)c1ccccc1)c1ccccc1. The Hall–Kier alpha value is -3.53. The highest BCUT2D eigenvalue weighted by Gasteiger charge is 2.58. The van der Waals surface area contributed by atoms with Crippen LogP contribution in [0.15, 0.2) is 91.0 Å². The second-order valence-corrected chi connectivity index (χ2v) is 8.79. The third-order valence-electron chi connectivity index (χ3n) is 5.22. The molecule has 35 heavy (non-hydrogen) atoms. The fraction of sp³-hybridized carbons (Fsp3) is 0.192. The first-order valence-electron chi connectivity index (χ1n) is 10.7. The summed E-state index contributed by atoms with van der Waals surface area (Å²) in [5.41, 5.74) is 0.776. The van der Waals surface area contributed by atoms with Gasteiger partial charge in [-0.2, -0.15) is 0 Å². The van der Waals surface area contributed by atoms with E-state index in [-0.39, 0.29) is 17.7 Å². The standard InChI is InChI=1S/C26H21BrO8/c27-26(31)22(34-25(30)19-14-8-3-9-15-19)21(33-24(29)18-12-6-2-7-13-18)20(35-26)16-32-23(28)17-10-4-1-5-11-17/h1-15,20-22,31H,16H2/t20-,21-,22-,26?/m1/s1. The van der Waals surface area contributed by atoms with Gasteiger partial charge in [-0.05, 0) is 52.3 Å². The zero-order chi connectivity index (χ0) is 24.8. The van der Waals surface area contributed by atoms with Gasteiger partial charge in [0.1, 0.15) is 12.7 Å². The lowest BCUT2D eigenvalue weighted by Crippen LogP contribution is -2.44. The molecule has 3 aromatic carbocycles. The Morgan fingerprint density at radius 3 is 1.66 bits per heavy atom. The maximum Gasteiger partial charge on any atom is 0.338 e. The number of hydrogen-bond donors (Lipinski definition) is 1. The van der Waals surface area contributed by atoms with E-state index in [9.17, 15) is 19.5 Å². The van der Waals surface area contributed by atoms with Gasteiger partial charge < -0.3 is 24.1 Å². The summed E-state index contributed by atoms with van der Waals surface area (Å²) in [7, 11) is 0. The number of halogens is 1. The zero-order valence-corrected chi connectivity index (χ0v) is 19.9. The Labute approximate surface area is 209 Å². The third-order valence-corrected chi connectivity index (χ3v) is 5.85. The van der Waals surface area contributed by atoms with Gasteiger partial charge in [-0.1, -0.05) is 54.6 Å². The second kappa shape index (κ2) is 10.8. The van der Waals surface area contributed by atoms with Crippen molar-refractivity contribution in [1.82, 2.24) is 0 Å². The minimum absolute atomic E-state index is 0.225. The van der Waals surface area contributed by atoms with Crippen molar-refractivity contribution in [3.63, 3.8) is 0 Å². The number of carbonyl (C=O) groups excluding carboxylic acids is 3. The van der Waals surface area contributed by atoms with Crippen molar-refractivity contribution >= 4 is 33.8 Å². The lowest BCUT2D eigenvalue weighted by molar-refractivity contribution is -0.158. The van der Waals surface area contributed by atoms with Crippen LogP contribution in [-0.4, -0.2) is 52.6 Å². The molecule has 180 valence electrons. The molecular formula is C26H21BrO8. The molecule has 1 aliphatic heterocycles. The van der Waals surface area contributed by atoms with Crippen molar-refractivity contribution in [2.24, 2.45) is 0 Å². The van der Waals surface area contributed by atoms with Crippen molar-refractivity contribution in [3.05, 3.63) is 108 Å². The van der Waals surface area contributed by atoms with Gasteiger partial charge in [0, 0.05) is 0 Å². The first-order valence-corrected chi connectivity index (χ1v) is 11.5. The predicted octanol–water partition coefficient (Wildman–Crippen LogP) is 3.73. The summed E-state index contributed by atoms with van der Waals surface area (Å²) in [6, 6.07) is 24.6. The molecule has 0 bridgehead atoms. The normalized spacial score (nSPS) is 23.3. The molecule has 1 aliphatic rings. The average molecular weight is 541 g/mol. The average Bonchev–Trinajstić information content (AvgIpc) is 3.12. The van der Waals surface area contributed by atoms with Crippen LogP contribution in [-0.2, 0) is 18.9 Å². The molecule has 1 fully saturated rings. The van der Waals surface area contributed by atoms with Gasteiger partial charge in [0.2, 0.25) is 6.10 Å². The maximum absolute atomic E-state index is 12.8. The second-order valence-electron chi connectivity index (χ2n) is 7.66. The van der Waals surface area contributed by atoms with Crippen molar-refractivity contribution in [2.45, 2.75) is 23.0 Å². The van der Waals surface area contributed by atoms with Crippen LogP contribution in [0, 0.1) is 0 Å². The molecule has 1 saturated heterocycles. The fourth-order valence-corrected chi connectivity index (χ4v) is 4.08. The minimum Gasteiger partial charge on any atom is -0.459 e. The summed E-state index contributed by atoms with van der Waals surface area (Å²) in [6.07, 6.45) is -3.92. The Morgan fingerprint density at radius 1 is 0.743 bits per heavy atom. The van der Waals surface area contributed by atoms with Gasteiger partial charge in [0.15, 0.2) is 6.10 Å². The summed E-state index contributed by atoms with van der Waals surface area (Å²) in [4.78, 5) is 37.9. The molecule has 1 heterocycles. The van der Waals surface area contributed by atoms with Gasteiger partial charge in [-0.3, -0.25) is 0 Å². The van der Waals surface area contributed by atoms with E-state index in [0.717, 1.165) is 0 Å². The van der Waals surface area contributed by atoms with Crippen molar-refractivity contribution in [1.29, 1.82) is 0 Å². The van der Waals surface area contributed by atoms with Gasteiger partial charge in [-0.15, -0.1) is 0 Å². The van der Waals surface area contributed by atoms with Gasteiger partial charge >= 0.3 is 17.9 Å². The summed E-state index contributed by atoms with van der Waals surface area (Å²) in [5, 5.41) is 10.8. The van der Waals surface area contributed by atoms with E-state index in [1.807, 2.05) is 0 Å². The number of hydrogen-bond acceptors (Lipinski definition) is 8. The number of esters is 3. The predicted molar refractivity (Wildman–Crippen MR) is 127 cm³/mol. The number of benzene rings is 3. The smallest absolute Gasteiger partial charge is 0.338 e. The zero-order valence-electron chi connectivity index (χ0n) is 18.3. The summed E-state index contributed by atoms with van der Waals surface area (Å²) in [6.45, 7) is -0.381. The lowest BCUT2D eigenvalue weighted by atomic mass is 10.1. The van der Waals surface area contributed by atoms with Crippen molar-refractivity contribution in [3.8, 4) is 0 Å². The summed E-state index contributed by atoms with van der Waals surface area (Å²) >= 11 is 3.01. The molecule has 0 radical (unpaired) electrons. The van der Waals surface area contributed by atoms with E-state index in [4.69, 9.17) is 18.9 Å². The molecule has 0 aliphatic carbocycles. The maximum atomic E-state index is 12.8. The largest absolute Gasteiger partial charge is 0.459 e. The van der Waals surface area contributed by atoms with Gasteiger partial charge in [0.25, 0.3) is 4.70 Å². The molecule has 0 saturated carbocycles. The number of aliphatic hydroxyl groups is 1. The Bertz CT molecular complexity index is 1170.